The molecule has 0 saturated carbocycles. The predicted octanol–water partition coefficient (Wildman–Crippen LogP) is 1.61. The first-order valence-electron chi connectivity index (χ1n) is 4.00. The van der Waals surface area contributed by atoms with Crippen molar-refractivity contribution in [3.05, 3.63) is 22.5 Å². The third-order valence-corrected chi connectivity index (χ3v) is 2.84. The minimum absolute atomic E-state index is 0.138. The number of methoxy groups -OCH3 is 2. The van der Waals surface area contributed by atoms with Gasteiger partial charge in [0, 0.05) is 0 Å². The minimum Gasteiger partial charge on any atom is -0.493 e. The standard InChI is InChI=1S/C9H9NO3S/c1-12-5-3-4-6-7(8(5)13-2)9(11)10-14-6/h3-4H,1-2H3,(H,10,11). The van der Waals surface area contributed by atoms with E-state index >= 15 is 0 Å². The van der Waals surface area contributed by atoms with Gasteiger partial charge in [-0.15, -0.1) is 0 Å². The topological polar surface area (TPSA) is 51.3 Å². The van der Waals surface area contributed by atoms with Crippen molar-refractivity contribution < 1.29 is 9.47 Å². The number of ether oxygens (including phenoxy) is 2. The summed E-state index contributed by atoms with van der Waals surface area (Å²) in [4.78, 5) is 11.4. The lowest BCUT2D eigenvalue weighted by atomic mass is 10.2. The van der Waals surface area contributed by atoms with Gasteiger partial charge in [-0.1, -0.05) is 11.5 Å². The van der Waals surface area contributed by atoms with Crippen molar-refractivity contribution in [2.45, 2.75) is 0 Å². The molecule has 0 amide bonds. The van der Waals surface area contributed by atoms with Crippen molar-refractivity contribution in [3.63, 3.8) is 0 Å². The molecule has 0 unspecified atom stereocenters. The fourth-order valence-electron chi connectivity index (χ4n) is 1.36. The molecular weight excluding hydrogens is 202 g/mol. The van der Waals surface area contributed by atoms with E-state index in [2.05, 4.69) is 4.37 Å². The van der Waals surface area contributed by atoms with Crippen molar-refractivity contribution in [3.8, 4) is 11.5 Å². The predicted molar refractivity (Wildman–Crippen MR) is 55.5 cm³/mol. The smallest absolute Gasteiger partial charge is 0.269 e. The van der Waals surface area contributed by atoms with Crippen LogP contribution in [0.1, 0.15) is 0 Å². The molecule has 14 heavy (non-hydrogen) atoms. The van der Waals surface area contributed by atoms with E-state index in [-0.39, 0.29) is 5.56 Å². The van der Waals surface area contributed by atoms with Gasteiger partial charge in [0.25, 0.3) is 5.56 Å². The summed E-state index contributed by atoms with van der Waals surface area (Å²) in [6, 6.07) is 3.62. The van der Waals surface area contributed by atoms with Gasteiger partial charge in [0.1, 0.15) is 5.39 Å². The maximum atomic E-state index is 11.4. The Morgan fingerprint density at radius 3 is 2.71 bits per heavy atom. The molecule has 1 N–H and O–H groups in total. The number of benzene rings is 1. The van der Waals surface area contributed by atoms with Crippen molar-refractivity contribution >= 4 is 21.6 Å². The fraction of sp³-hybridized carbons (Fsp3) is 0.222. The van der Waals surface area contributed by atoms with Crippen LogP contribution in [0.2, 0.25) is 0 Å². The first kappa shape index (κ1) is 9.08. The fourth-order valence-corrected chi connectivity index (χ4v) is 2.09. The van der Waals surface area contributed by atoms with Crippen molar-refractivity contribution in [1.82, 2.24) is 4.37 Å². The van der Waals surface area contributed by atoms with E-state index in [0.29, 0.717) is 16.9 Å². The van der Waals surface area contributed by atoms with E-state index in [1.807, 2.05) is 6.07 Å². The summed E-state index contributed by atoms with van der Waals surface area (Å²) in [5.74, 6) is 1.07. The van der Waals surface area contributed by atoms with E-state index in [4.69, 9.17) is 9.47 Å². The molecule has 1 heterocycles. The number of fused-ring (bicyclic) bond motifs is 1. The second-order valence-electron chi connectivity index (χ2n) is 2.71. The lowest BCUT2D eigenvalue weighted by molar-refractivity contribution is 0.358. The highest BCUT2D eigenvalue weighted by Crippen LogP contribution is 2.34. The van der Waals surface area contributed by atoms with Gasteiger partial charge in [-0.25, -0.2) is 0 Å². The first-order valence-corrected chi connectivity index (χ1v) is 4.81. The highest BCUT2D eigenvalue weighted by molar-refractivity contribution is 7.13. The average molecular weight is 211 g/mol. The minimum atomic E-state index is -0.138. The Kier molecular flexibility index (Phi) is 2.17. The van der Waals surface area contributed by atoms with Crippen LogP contribution < -0.4 is 15.0 Å². The van der Waals surface area contributed by atoms with E-state index in [1.54, 1.807) is 13.2 Å². The normalized spacial score (nSPS) is 10.4. The molecule has 1 aromatic carbocycles. The molecule has 0 fully saturated rings. The van der Waals surface area contributed by atoms with E-state index in [9.17, 15) is 4.79 Å². The molecule has 74 valence electrons. The van der Waals surface area contributed by atoms with E-state index in [1.165, 1.54) is 18.6 Å². The van der Waals surface area contributed by atoms with E-state index < -0.39 is 0 Å². The zero-order chi connectivity index (χ0) is 10.1. The summed E-state index contributed by atoms with van der Waals surface area (Å²) in [6.07, 6.45) is 0. The molecular formula is C9H9NO3S. The zero-order valence-electron chi connectivity index (χ0n) is 7.79. The van der Waals surface area contributed by atoms with Crippen LogP contribution >= 0.6 is 11.5 Å². The van der Waals surface area contributed by atoms with Crippen LogP contribution in [-0.2, 0) is 0 Å². The van der Waals surface area contributed by atoms with Crippen LogP contribution in [0.3, 0.4) is 0 Å². The largest absolute Gasteiger partial charge is 0.493 e. The Hall–Kier alpha value is -1.49. The lowest BCUT2D eigenvalue weighted by Crippen LogP contribution is -2.00. The van der Waals surface area contributed by atoms with Gasteiger partial charge < -0.3 is 9.47 Å². The Labute approximate surface area is 84.2 Å². The molecule has 0 radical (unpaired) electrons. The van der Waals surface area contributed by atoms with Gasteiger partial charge in [0.2, 0.25) is 0 Å². The lowest BCUT2D eigenvalue weighted by Gasteiger charge is -2.06. The molecule has 0 aliphatic rings. The van der Waals surface area contributed by atoms with Crippen LogP contribution in [0.15, 0.2) is 16.9 Å². The van der Waals surface area contributed by atoms with Gasteiger partial charge >= 0.3 is 0 Å². The van der Waals surface area contributed by atoms with Crippen molar-refractivity contribution in [2.24, 2.45) is 0 Å². The maximum Gasteiger partial charge on any atom is 0.269 e. The monoisotopic (exact) mass is 211 g/mol. The number of aromatic nitrogens is 1. The Morgan fingerprint density at radius 1 is 1.29 bits per heavy atom. The summed E-state index contributed by atoms with van der Waals surface area (Å²) in [5.41, 5.74) is -0.138. The number of hydrogen-bond acceptors (Lipinski definition) is 4. The quantitative estimate of drug-likeness (QED) is 0.821. The molecule has 2 aromatic rings. The van der Waals surface area contributed by atoms with Crippen molar-refractivity contribution in [1.29, 1.82) is 0 Å². The summed E-state index contributed by atoms with van der Waals surface area (Å²) >= 11 is 1.29. The molecule has 0 aliphatic carbocycles. The highest BCUT2D eigenvalue weighted by Gasteiger charge is 2.13. The number of H-pyrrole nitrogens is 1. The molecule has 2 rings (SSSR count). The molecule has 0 bridgehead atoms. The van der Waals surface area contributed by atoms with Gasteiger partial charge in [0.15, 0.2) is 11.5 Å². The SMILES string of the molecule is COc1ccc2s[nH]c(=O)c2c1OC. The summed E-state index contributed by atoms with van der Waals surface area (Å²) in [6.45, 7) is 0. The van der Waals surface area contributed by atoms with Gasteiger partial charge in [-0.05, 0) is 12.1 Å². The maximum absolute atomic E-state index is 11.4. The van der Waals surface area contributed by atoms with Gasteiger partial charge in [-0.3, -0.25) is 9.17 Å². The Morgan fingerprint density at radius 2 is 2.07 bits per heavy atom. The van der Waals surface area contributed by atoms with E-state index in [0.717, 1.165) is 4.70 Å². The average Bonchev–Trinajstić information content (AvgIpc) is 2.59. The molecule has 0 saturated heterocycles. The van der Waals surface area contributed by atoms with Crippen LogP contribution in [0.4, 0.5) is 0 Å². The number of hydrogen-bond donors (Lipinski definition) is 1. The summed E-state index contributed by atoms with van der Waals surface area (Å²) in [7, 11) is 3.07. The van der Waals surface area contributed by atoms with Gasteiger partial charge in [-0.2, -0.15) is 0 Å². The molecule has 0 spiro atoms. The molecule has 0 atom stereocenters. The second-order valence-corrected chi connectivity index (χ2v) is 3.56. The van der Waals surface area contributed by atoms with Crippen LogP contribution in [-0.4, -0.2) is 18.6 Å². The number of aromatic amines is 1. The summed E-state index contributed by atoms with van der Waals surface area (Å²) < 4.78 is 13.8. The first-order chi connectivity index (χ1) is 6.77. The molecule has 1 aromatic heterocycles. The highest BCUT2D eigenvalue weighted by atomic mass is 32.1. The van der Waals surface area contributed by atoms with Gasteiger partial charge in [0.05, 0.1) is 18.9 Å². The third kappa shape index (κ3) is 1.17. The number of rotatable bonds is 2. The second kappa shape index (κ2) is 3.34. The molecule has 5 heteroatoms. The van der Waals surface area contributed by atoms with Crippen molar-refractivity contribution in [2.75, 3.05) is 14.2 Å². The Bertz CT molecular complexity index is 514. The number of nitrogens with one attached hydrogen (secondary N) is 1. The van der Waals surface area contributed by atoms with Crippen LogP contribution in [0.5, 0.6) is 11.5 Å². The third-order valence-electron chi connectivity index (χ3n) is 1.99. The Balaban J connectivity index is 2.88. The zero-order valence-corrected chi connectivity index (χ0v) is 8.60. The molecule has 4 nitrogen and oxygen atoms in total. The van der Waals surface area contributed by atoms with Crippen LogP contribution in [0.25, 0.3) is 10.1 Å². The summed E-state index contributed by atoms with van der Waals surface area (Å²) in [5, 5.41) is 0.553. The molecule has 0 aliphatic heterocycles. The van der Waals surface area contributed by atoms with Crippen LogP contribution in [0, 0.1) is 0 Å².